The third kappa shape index (κ3) is 2.53. The number of carbonyl (C=O) groups excluding carboxylic acids is 1. The van der Waals surface area contributed by atoms with Gasteiger partial charge in [-0.3, -0.25) is 4.79 Å². The summed E-state index contributed by atoms with van der Waals surface area (Å²) >= 11 is 5.78. The molecule has 2 aromatic rings. The highest BCUT2D eigenvalue weighted by molar-refractivity contribution is 6.29. The van der Waals surface area contributed by atoms with Gasteiger partial charge in [0.25, 0.3) is 5.91 Å². The van der Waals surface area contributed by atoms with E-state index < -0.39 is 0 Å². The van der Waals surface area contributed by atoms with E-state index in [1.165, 1.54) is 5.56 Å². The van der Waals surface area contributed by atoms with E-state index in [0.29, 0.717) is 16.5 Å². The quantitative estimate of drug-likeness (QED) is 0.827. The van der Waals surface area contributed by atoms with E-state index >= 15 is 0 Å². The van der Waals surface area contributed by atoms with E-state index in [2.05, 4.69) is 15.6 Å². The van der Waals surface area contributed by atoms with E-state index in [0.717, 1.165) is 18.7 Å². The Balaban J connectivity index is 1.81. The van der Waals surface area contributed by atoms with Crippen LogP contribution in [0.1, 0.15) is 15.9 Å². The van der Waals surface area contributed by atoms with E-state index in [9.17, 15) is 4.79 Å². The number of hydrogen-bond acceptors (Lipinski definition) is 3. The molecule has 0 aliphatic carbocycles. The van der Waals surface area contributed by atoms with Gasteiger partial charge in [-0.25, -0.2) is 4.98 Å². The average Bonchev–Trinajstić information content (AvgIpc) is 2.85. The molecule has 0 saturated carbocycles. The molecule has 0 unspecified atom stereocenters. The van der Waals surface area contributed by atoms with Crippen LogP contribution >= 0.6 is 11.6 Å². The van der Waals surface area contributed by atoms with Crippen molar-refractivity contribution in [3.63, 3.8) is 0 Å². The summed E-state index contributed by atoms with van der Waals surface area (Å²) in [6, 6.07) is 10.8. The molecule has 4 nitrogen and oxygen atoms in total. The maximum absolute atomic E-state index is 12.1. The third-order valence-corrected chi connectivity index (χ3v) is 3.25. The predicted molar refractivity (Wildman–Crippen MR) is 75.8 cm³/mol. The van der Waals surface area contributed by atoms with Crippen LogP contribution in [0.5, 0.6) is 0 Å². The van der Waals surface area contributed by atoms with Crippen LogP contribution < -0.4 is 10.6 Å². The zero-order valence-electron chi connectivity index (χ0n) is 10.1. The van der Waals surface area contributed by atoms with Gasteiger partial charge in [0.05, 0.1) is 0 Å². The monoisotopic (exact) mass is 273 g/mol. The van der Waals surface area contributed by atoms with Crippen molar-refractivity contribution in [2.75, 3.05) is 17.2 Å². The van der Waals surface area contributed by atoms with Gasteiger partial charge in [0.15, 0.2) is 0 Å². The number of nitrogens with zero attached hydrogens (tertiary/aromatic N) is 1. The van der Waals surface area contributed by atoms with Crippen LogP contribution in [0, 0.1) is 0 Å². The Morgan fingerprint density at radius 2 is 2.21 bits per heavy atom. The number of pyridine rings is 1. The van der Waals surface area contributed by atoms with E-state index in [4.69, 9.17) is 11.6 Å². The molecule has 0 radical (unpaired) electrons. The number of carbonyl (C=O) groups is 1. The molecule has 96 valence electrons. The maximum atomic E-state index is 12.1. The number of hydrogen-bond donors (Lipinski definition) is 2. The molecule has 1 aromatic heterocycles. The minimum absolute atomic E-state index is 0.189. The second-order valence-electron chi connectivity index (χ2n) is 4.35. The van der Waals surface area contributed by atoms with Crippen molar-refractivity contribution in [2.24, 2.45) is 0 Å². The summed E-state index contributed by atoms with van der Waals surface area (Å²) in [7, 11) is 0. The molecule has 1 aliphatic heterocycles. The summed E-state index contributed by atoms with van der Waals surface area (Å²) in [5.74, 6) is 0.261. The van der Waals surface area contributed by atoms with Gasteiger partial charge in [0.2, 0.25) is 0 Å². The van der Waals surface area contributed by atoms with Gasteiger partial charge in [-0.15, -0.1) is 0 Å². The Bertz CT molecular complexity index is 642. The highest BCUT2D eigenvalue weighted by Crippen LogP contribution is 2.23. The predicted octanol–water partition coefficient (Wildman–Crippen LogP) is 2.96. The van der Waals surface area contributed by atoms with Gasteiger partial charge in [0, 0.05) is 17.8 Å². The average molecular weight is 274 g/mol. The van der Waals surface area contributed by atoms with Crippen LogP contribution in [0.15, 0.2) is 36.4 Å². The minimum Gasteiger partial charge on any atom is -0.384 e. The number of fused-ring (bicyclic) bond motifs is 1. The highest BCUT2D eigenvalue weighted by atomic mass is 35.5. The van der Waals surface area contributed by atoms with Gasteiger partial charge in [-0.1, -0.05) is 23.7 Å². The van der Waals surface area contributed by atoms with Gasteiger partial charge in [-0.2, -0.15) is 0 Å². The second kappa shape index (κ2) is 4.90. The summed E-state index contributed by atoms with van der Waals surface area (Å²) < 4.78 is 0. The van der Waals surface area contributed by atoms with Crippen LogP contribution in [0.3, 0.4) is 0 Å². The first-order valence-electron chi connectivity index (χ1n) is 6.03. The van der Waals surface area contributed by atoms with Crippen molar-refractivity contribution < 1.29 is 4.79 Å². The summed E-state index contributed by atoms with van der Waals surface area (Å²) in [6.07, 6.45) is 1.01. The third-order valence-electron chi connectivity index (χ3n) is 3.04. The molecule has 2 heterocycles. The standard InChI is InChI=1S/C14H12ClN3O/c15-12-2-1-3-13(17-12)18-14(19)10-5-4-9-6-7-16-11(9)8-10/h1-5,8,16H,6-7H2,(H,17,18,19). The molecule has 0 spiro atoms. The normalized spacial score (nSPS) is 12.7. The molecule has 0 atom stereocenters. The number of rotatable bonds is 2. The summed E-state index contributed by atoms with van der Waals surface area (Å²) in [6.45, 7) is 0.927. The zero-order valence-corrected chi connectivity index (χ0v) is 10.9. The first-order chi connectivity index (χ1) is 9.22. The van der Waals surface area contributed by atoms with Gasteiger partial charge < -0.3 is 10.6 Å². The lowest BCUT2D eigenvalue weighted by molar-refractivity contribution is 0.102. The second-order valence-corrected chi connectivity index (χ2v) is 4.74. The lowest BCUT2D eigenvalue weighted by Crippen LogP contribution is -2.13. The van der Waals surface area contributed by atoms with E-state index in [1.54, 1.807) is 18.2 Å². The molecular formula is C14H12ClN3O. The van der Waals surface area contributed by atoms with Crippen molar-refractivity contribution in [3.8, 4) is 0 Å². The van der Waals surface area contributed by atoms with E-state index in [1.807, 2.05) is 18.2 Å². The minimum atomic E-state index is -0.189. The molecule has 0 saturated heterocycles. The van der Waals surface area contributed by atoms with Crippen molar-refractivity contribution in [2.45, 2.75) is 6.42 Å². The first kappa shape index (κ1) is 12.0. The lowest BCUT2D eigenvalue weighted by atomic mass is 10.1. The largest absolute Gasteiger partial charge is 0.384 e. The summed E-state index contributed by atoms with van der Waals surface area (Å²) in [4.78, 5) is 16.1. The van der Waals surface area contributed by atoms with Crippen LogP contribution in [-0.2, 0) is 6.42 Å². The number of aromatic nitrogens is 1. The smallest absolute Gasteiger partial charge is 0.256 e. The summed E-state index contributed by atoms with van der Waals surface area (Å²) in [5, 5.41) is 6.33. The fraction of sp³-hybridized carbons (Fsp3) is 0.143. The molecule has 1 aliphatic rings. The van der Waals surface area contributed by atoms with Crippen LogP contribution in [-0.4, -0.2) is 17.4 Å². The summed E-state index contributed by atoms with van der Waals surface area (Å²) in [5.41, 5.74) is 2.89. The van der Waals surface area contributed by atoms with Gasteiger partial charge >= 0.3 is 0 Å². The number of anilines is 2. The Labute approximate surface area is 115 Å². The Morgan fingerprint density at radius 1 is 1.32 bits per heavy atom. The Hall–Kier alpha value is -2.07. The topological polar surface area (TPSA) is 54.0 Å². The molecule has 3 rings (SSSR count). The Morgan fingerprint density at radius 3 is 3.05 bits per heavy atom. The molecule has 1 aromatic carbocycles. The Kier molecular flexibility index (Phi) is 3.09. The lowest BCUT2D eigenvalue weighted by Gasteiger charge is -2.06. The van der Waals surface area contributed by atoms with Crippen molar-refractivity contribution in [1.29, 1.82) is 0 Å². The SMILES string of the molecule is O=C(Nc1cccc(Cl)n1)c1ccc2c(c1)NCC2. The van der Waals surface area contributed by atoms with Gasteiger partial charge in [-0.05, 0) is 36.2 Å². The highest BCUT2D eigenvalue weighted by Gasteiger charge is 2.13. The first-order valence-corrected chi connectivity index (χ1v) is 6.41. The molecule has 0 bridgehead atoms. The van der Waals surface area contributed by atoms with Crippen molar-refractivity contribution in [1.82, 2.24) is 4.98 Å². The maximum Gasteiger partial charge on any atom is 0.256 e. The number of benzene rings is 1. The van der Waals surface area contributed by atoms with Crippen LogP contribution in [0.25, 0.3) is 0 Å². The molecule has 2 N–H and O–H groups in total. The zero-order chi connectivity index (χ0) is 13.2. The molecule has 19 heavy (non-hydrogen) atoms. The molecule has 1 amide bonds. The number of halogens is 1. The van der Waals surface area contributed by atoms with Crippen molar-refractivity contribution in [3.05, 3.63) is 52.7 Å². The number of nitrogens with one attached hydrogen (secondary N) is 2. The number of amides is 1. The van der Waals surface area contributed by atoms with Crippen LogP contribution in [0.2, 0.25) is 5.15 Å². The van der Waals surface area contributed by atoms with Crippen LogP contribution in [0.4, 0.5) is 11.5 Å². The van der Waals surface area contributed by atoms with Crippen molar-refractivity contribution >= 4 is 29.0 Å². The fourth-order valence-electron chi connectivity index (χ4n) is 2.10. The van der Waals surface area contributed by atoms with Gasteiger partial charge in [0.1, 0.15) is 11.0 Å². The molecule has 0 fully saturated rings. The molecule has 5 heteroatoms. The van der Waals surface area contributed by atoms with E-state index in [-0.39, 0.29) is 5.91 Å². The molecular weight excluding hydrogens is 262 g/mol. The fourth-order valence-corrected chi connectivity index (χ4v) is 2.26.